The standard InChI is InChI=1S/C8H15NO/c1-4-6-10-8(9)7(3)5-2/h4,6-7,9H,5H2,1-3H3/b6-4-,9-8?. The van der Waals surface area contributed by atoms with Gasteiger partial charge in [-0.3, -0.25) is 5.41 Å². The lowest BCUT2D eigenvalue weighted by Gasteiger charge is -2.07. The topological polar surface area (TPSA) is 33.1 Å². The lowest BCUT2D eigenvalue weighted by atomic mass is 10.1. The van der Waals surface area contributed by atoms with E-state index in [4.69, 9.17) is 10.1 Å². The molecule has 0 heterocycles. The highest BCUT2D eigenvalue weighted by atomic mass is 16.5. The largest absolute Gasteiger partial charge is 0.451 e. The zero-order valence-corrected chi connectivity index (χ0v) is 6.85. The third-order valence-electron chi connectivity index (χ3n) is 1.39. The van der Waals surface area contributed by atoms with Crippen molar-refractivity contribution in [2.45, 2.75) is 27.2 Å². The van der Waals surface area contributed by atoms with Crippen LogP contribution in [0.4, 0.5) is 0 Å². The molecule has 1 unspecified atom stereocenters. The second kappa shape index (κ2) is 5.03. The highest BCUT2D eigenvalue weighted by molar-refractivity contribution is 5.75. The second-order valence-corrected chi connectivity index (χ2v) is 2.26. The van der Waals surface area contributed by atoms with E-state index in [9.17, 15) is 0 Å². The van der Waals surface area contributed by atoms with Gasteiger partial charge in [0.05, 0.1) is 6.26 Å². The number of nitrogens with one attached hydrogen (secondary N) is 1. The Labute approximate surface area is 62.4 Å². The van der Waals surface area contributed by atoms with E-state index in [-0.39, 0.29) is 5.92 Å². The van der Waals surface area contributed by atoms with Crippen LogP contribution in [0.5, 0.6) is 0 Å². The zero-order chi connectivity index (χ0) is 7.98. The minimum absolute atomic E-state index is 0.233. The minimum Gasteiger partial charge on any atom is -0.451 e. The maximum atomic E-state index is 7.32. The number of ether oxygens (including phenoxy) is 1. The van der Waals surface area contributed by atoms with Crippen molar-refractivity contribution < 1.29 is 4.74 Å². The highest BCUT2D eigenvalue weighted by Gasteiger charge is 2.04. The molecule has 0 amide bonds. The number of hydrogen-bond acceptors (Lipinski definition) is 2. The van der Waals surface area contributed by atoms with E-state index in [1.165, 1.54) is 6.26 Å². The van der Waals surface area contributed by atoms with Crippen LogP contribution in [0.15, 0.2) is 12.3 Å². The summed E-state index contributed by atoms with van der Waals surface area (Å²) in [5, 5.41) is 7.32. The van der Waals surface area contributed by atoms with Crippen molar-refractivity contribution >= 4 is 5.90 Å². The van der Waals surface area contributed by atoms with Crippen LogP contribution >= 0.6 is 0 Å². The van der Waals surface area contributed by atoms with Gasteiger partial charge < -0.3 is 4.74 Å². The van der Waals surface area contributed by atoms with Gasteiger partial charge in [0.15, 0.2) is 5.90 Å². The Morgan fingerprint density at radius 3 is 2.70 bits per heavy atom. The predicted octanol–water partition coefficient (Wildman–Crippen LogP) is 2.56. The molecule has 0 aromatic carbocycles. The molecule has 0 aromatic rings. The molecule has 2 heteroatoms. The van der Waals surface area contributed by atoms with Gasteiger partial charge in [-0.25, -0.2) is 0 Å². The predicted molar refractivity (Wildman–Crippen MR) is 43.1 cm³/mol. The van der Waals surface area contributed by atoms with Crippen LogP contribution in [0.25, 0.3) is 0 Å². The van der Waals surface area contributed by atoms with Crippen LogP contribution in [-0.4, -0.2) is 5.90 Å². The van der Waals surface area contributed by atoms with Gasteiger partial charge in [-0.1, -0.05) is 19.9 Å². The van der Waals surface area contributed by atoms with Crippen molar-refractivity contribution in [1.82, 2.24) is 0 Å². The van der Waals surface area contributed by atoms with Gasteiger partial charge in [0.1, 0.15) is 0 Å². The van der Waals surface area contributed by atoms with Crippen LogP contribution in [0, 0.1) is 11.3 Å². The van der Waals surface area contributed by atoms with Crippen molar-refractivity contribution in [2.24, 2.45) is 5.92 Å². The SMILES string of the molecule is C/C=C\OC(=N)C(C)CC. The van der Waals surface area contributed by atoms with Gasteiger partial charge >= 0.3 is 0 Å². The summed E-state index contributed by atoms with van der Waals surface area (Å²) >= 11 is 0. The first-order chi connectivity index (χ1) is 4.72. The van der Waals surface area contributed by atoms with Gasteiger partial charge in [-0.05, 0) is 13.3 Å². The van der Waals surface area contributed by atoms with E-state index >= 15 is 0 Å². The van der Waals surface area contributed by atoms with Gasteiger partial charge in [0.25, 0.3) is 0 Å². The molecule has 2 nitrogen and oxygen atoms in total. The third kappa shape index (κ3) is 3.28. The molecule has 1 N–H and O–H groups in total. The first-order valence-electron chi connectivity index (χ1n) is 3.58. The Bertz CT molecular complexity index is 129. The minimum atomic E-state index is 0.233. The number of rotatable bonds is 3. The van der Waals surface area contributed by atoms with Gasteiger partial charge in [-0.15, -0.1) is 0 Å². The molecule has 58 valence electrons. The Hall–Kier alpha value is -0.790. The monoisotopic (exact) mass is 141 g/mol. The number of hydrogen-bond donors (Lipinski definition) is 1. The van der Waals surface area contributed by atoms with Crippen molar-refractivity contribution in [3.63, 3.8) is 0 Å². The molecule has 0 aromatic heterocycles. The maximum Gasteiger partial charge on any atom is 0.189 e. The zero-order valence-electron chi connectivity index (χ0n) is 6.85. The average Bonchev–Trinajstić information content (AvgIpc) is 1.98. The van der Waals surface area contributed by atoms with E-state index in [1.807, 2.05) is 20.8 Å². The Balaban J connectivity index is 3.62. The van der Waals surface area contributed by atoms with Crippen LogP contribution in [-0.2, 0) is 4.74 Å². The summed E-state index contributed by atoms with van der Waals surface area (Å²) in [4.78, 5) is 0. The molecule has 10 heavy (non-hydrogen) atoms. The van der Waals surface area contributed by atoms with Crippen LogP contribution in [0.1, 0.15) is 27.2 Å². The third-order valence-corrected chi connectivity index (χ3v) is 1.39. The smallest absolute Gasteiger partial charge is 0.189 e. The molecule has 0 spiro atoms. The van der Waals surface area contributed by atoms with E-state index < -0.39 is 0 Å². The Morgan fingerprint density at radius 2 is 2.30 bits per heavy atom. The fourth-order valence-electron chi connectivity index (χ4n) is 0.443. The summed E-state index contributed by atoms with van der Waals surface area (Å²) in [7, 11) is 0. The van der Waals surface area contributed by atoms with Gasteiger partial charge in [0, 0.05) is 5.92 Å². The second-order valence-electron chi connectivity index (χ2n) is 2.26. The summed E-state index contributed by atoms with van der Waals surface area (Å²) in [6, 6.07) is 0. The lowest BCUT2D eigenvalue weighted by molar-refractivity contribution is 0.420. The summed E-state index contributed by atoms with van der Waals surface area (Å²) in [6.07, 6.45) is 4.27. The summed E-state index contributed by atoms with van der Waals surface area (Å²) < 4.78 is 4.95. The molecule has 0 aliphatic rings. The molecule has 0 rings (SSSR count). The van der Waals surface area contributed by atoms with E-state index in [1.54, 1.807) is 6.08 Å². The molecule has 1 atom stereocenters. The summed E-state index contributed by atoms with van der Waals surface area (Å²) in [5.41, 5.74) is 0. The summed E-state index contributed by atoms with van der Waals surface area (Å²) in [6.45, 7) is 5.88. The van der Waals surface area contributed by atoms with Crippen molar-refractivity contribution in [2.75, 3.05) is 0 Å². The first kappa shape index (κ1) is 9.21. The van der Waals surface area contributed by atoms with Crippen LogP contribution in [0.3, 0.4) is 0 Å². The Kier molecular flexibility index (Phi) is 4.63. The van der Waals surface area contributed by atoms with Crippen molar-refractivity contribution in [3.8, 4) is 0 Å². The molecule has 0 saturated heterocycles. The Morgan fingerprint density at radius 1 is 1.70 bits per heavy atom. The normalized spacial score (nSPS) is 13.5. The van der Waals surface area contributed by atoms with E-state index in [2.05, 4.69) is 0 Å². The van der Waals surface area contributed by atoms with E-state index in [0.717, 1.165) is 6.42 Å². The highest BCUT2D eigenvalue weighted by Crippen LogP contribution is 2.03. The van der Waals surface area contributed by atoms with Gasteiger partial charge in [-0.2, -0.15) is 0 Å². The van der Waals surface area contributed by atoms with Crippen LogP contribution in [0.2, 0.25) is 0 Å². The van der Waals surface area contributed by atoms with Crippen LogP contribution < -0.4 is 0 Å². The van der Waals surface area contributed by atoms with Gasteiger partial charge in [0.2, 0.25) is 0 Å². The van der Waals surface area contributed by atoms with Crippen molar-refractivity contribution in [3.05, 3.63) is 12.3 Å². The molecule has 0 bridgehead atoms. The molecule has 0 aliphatic carbocycles. The molecule has 0 saturated carbocycles. The van der Waals surface area contributed by atoms with Crippen molar-refractivity contribution in [1.29, 1.82) is 5.41 Å². The first-order valence-corrected chi connectivity index (χ1v) is 3.58. The average molecular weight is 141 g/mol. The summed E-state index contributed by atoms with van der Waals surface area (Å²) in [5.74, 6) is 0.580. The fraction of sp³-hybridized carbons (Fsp3) is 0.625. The lowest BCUT2D eigenvalue weighted by Crippen LogP contribution is -2.09. The number of allylic oxidation sites excluding steroid dienone is 1. The van der Waals surface area contributed by atoms with E-state index in [0.29, 0.717) is 5.90 Å². The molecular weight excluding hydrogens is 126 g/mol. The molecule has 0 radical (unpaired) electrons. The molecule has 0 aliphatic heterocycles. The molecule has 0 fully saturated rings. The molecular formula is C8H15NO. The quantitative estimate of drug-likeness (QED) is 0.365. The maximum absolute atomic E-state index is 7.32. The fourth-order valence-corrected chi connectivity index (χ4v) is 0.443.